The molecule has 3 aromatic rings. The lowest BCUT2D eigenvalue weighted by Gasteiger charge is -2.29. The summed E-state index contributed by atoms with van der Waals surface area (Å²) in [6.07, 6.45) is -0.487. The van der Waals surface area contributed by atoms with Gasteiger partial charge in [-0.05, 0) is 48.9 Å². The number of benzene rings is 3. The minimum atomic E-state index is -0.724. The van der Waals surface area contributed by atoms with Crippen molar-refractivity contribution in [3.8, 4) is 22.9 Å². The first-order valence-corrected chi connectivity index (χ1v) is 8.84. The van der Waals surface area contributed by atoms with E-state index in [0.717, 1.165) is 27.6 Å². The second kappa shape index (κ2) is 5.24. The number of hydrogen-bond donors (Lipinski definition) is 1. The van der Waals surface area contributed by atoms with Gasteiger partial charge in [0.2, 0.25) is 12.1 Å². The minimum Gasteiger partial charge on any atom is -0.467 e. The van der Waals surface area contributed by atoms with Crippen molar-refractivity contribution in [2.24, 2.45) is 5.41 Å². The Kier molecular flexibility index (Phi) is 3.05. The zero-order valence-electron chi connectivity index (χ0n) is 15.0. The van der Waals surface area contributed by atoms with E-state index in [4.69, 9.17) is 4.74 Å². The fourth-order valence-corrected chi connectivity index (χ4v) is 3.90. The van der Waals surface area contributed by atoms with E-state index in [0.29, 0.717) is 11.3 Å². The van der Waals surface area contributed by atoms with Crippen molar-refractivity contribution >= 4 is 22.4 Å². The molecule has 132 valence electrons. The molecule has 2 heterocycles. The maximum atomic E-state index is 12.5. The Morgan fingerprint density at radius 1 is 1.15 bits per heavy atom. The van der Waals surface area contributed by atoms with Crippen LogP contribution < -0.4 is 15.2 Å². The molecule has 5 rings (SSSR count). The van der Waals surface area contributed by atoms with E-state index in [1.54, 1.807) is 11.1 Å². The van der Waals surface area contributed by atoms with Crippen molar-refractivity contribution < 1.29 is 9.53 Å². The van der Waals surface area contributed by atoms with Gasteiger partial charge >= 0.3 is 0 Å². The van der Waals surface area contributed by atoms with Crippen LogP contribution in [-0.2, 0) is 4.79 Å². The maximum Gasteiger partial charge on any atom is 0.250 e. The monoisotopic (exact) mass is 355 g/mol. The summed E-state index contributed by atoms with van der Waals surface area (Å²) in [5.74, 6) is 0.620. The summed E-state index contributed by atoms with van der Waals surface area (Å²) in [7, 11) is 0. The lowest BCUT2D eigenvalue weighted by molar-refractivity contribution is -0.128. The highest BCUT2D eigenvalue weighted by Gasteiger charge is 2.51. The Hall–Kier alpha value is -3.52. The predicted octanol–water partition coefficient (Wildman–Crippen LogP) is 3.97. The number of nitriles is 1. The third-order valence-corrected chi connectivity index (χ3v) is 5.44. The molecular weight excluding hydrogens is 338 g/mol. The number of hydrazine groups is 1. The van der Waals surface area contributed by atoms with Crippen molar-refractivity contribution in [3.63, 3.8) is 0 Å². The van der Waals surface area contributed by atoms with Gasteiger partial charge < -0.3 is 4.74 Å². The molecule has 1 N–H and O–H groups in total. The highest BCUT2D eigenvalue weighted by Crippen LogP contribution is 2.48. The van der Waals surface area contributed by atoms with Gasteiger partial charge in [-0.15, -0.1) is 0 Å². The summed E-state index contributed by atoms with van der Waals surface area (Å²) >= 11 is 0. The van der Waals surface area contributed by atoms with E-state index in [1.165, 1.54) is 0 Å². The molecular formula is C22H17N3O2. The van der Waals surface area contributed by atoms with Crippen LogP contribution in [0.2, 0.25) is 0 Å². The zero-order chi connectivity index (χ0) is 18.8. The number of nitrogens with one attached hydrogen (secondary N) is 1. The van der Waals surface area contributed by atoms with Gasteiger partial charge in [0.15, 0.2) is 0 Å². The first kappa shape index (κ1) is 15.7. The standard InChI is InChI=1S/C22H17N3O2/c1-22(2)20(26)24-25-17-9-7-13(12-23)11-16(17)19-15-6-4-3-5-14(15)8-10-18(19)27-21(22)25/h3-11,21H,1-2H3,(H,24,26). The van der Waals surface area contributed by atoms with Gasteiger partial charge in [-0.1, -0.05) is 30.3 Å². The smallest absolute Gasteiger partial charge is 0.250 e. The number of nitrogens with zero attached hydrogens (tertiary/aromatic N) is 2. The van der Waals surface area contributed by atoms with E-state index in [-0.39, 0.29) is 5.91 Å². The molecule has 1 unspecified atom stereocenters. The normalized spacial score (nSPS) is 19.2. The third-order valence-electron chi connectivity index (χ3n) is 5.44. The number of fused-ring (bicyclic) bond motifs is 7. The molecule has 0 radical (unpaired) electrons. The van der Waals surface area contributed by atoms with E-state index >= 15 is 0 Å². The Morgan fingerprint density at radius 2 is 1.96 bits per heavy atom. The van der Waals surface area contributed by atoms with Gasteiger partial charge in [0, 0.05) is 11.1 Å². The number of anilines is 1. The van der Waals surface area contributed by atoms with Gasteiger partial charge in [-0.25, -0.2) is 5.01 Å². The second-order valence-electron chi connectivity index (χ2n) is 7.51. The topological polar surface area (TPSA) is 65.4 Å². The molecule has 27 heavy (non-hydrogen) atoms. The summed E-state index contributed by atoms with van der Waals surface area (Å²) in [4.78, 5) is 12.5. The van der Waals surface area contributed by atoms with E-state index in [9.17, 15) is 10.1 Å². The van der Waals surface area contributed by atoms with Crippen LogP contribution in [0.15, 0.2) is 54.6 Å². The highest BCUT2D eigenvalue weighted by atomic mass is 16.5. The summed E-state index contributed by atoms with van der Waals surface area (Å²) in [6.45, 7) is 3.75. The molecule has 1 saturated heterocycles. The van der Waals surface area contributed by atoms with Crippen LogP contribution in [0.25, 0.3) is 21.9 Å². The first-order chi connectivity index (χ1) is 13.0. The summed E-state index contributed by atoms with van der Waals surface area (Å²) in [5.41, 5.74) is 5.44. The summed E-state index contributed by atoms with van der Waals surface area (Å²) < 4.78 is 6.39. The Morgan fingerprint density at radius 3 is 2.78 bits per heavy atom. The van der Waals surface area contributed by atoms with Gasteiger partial charge in [0.1, 0.15) is 11.2 Å². The molecule has 1 amide bonds. The number of ether oxygens (including phenoxy) is 1. The number of hydrogen-bond acceptors (Lipinski definition) is 4. The van der Waals surface area contributed by atoms with Crippen molar-refractivity contribution in [2.45, 2.75) is 20.1 Å². The van der Waals surface area contributed by atoms with Crippen LogP contribution >= 0.6 is 0 Å². The average molecular weight is 355 g/mol. The SMILES string of the molecule is CC1(C)C(=O)NN2c3ccc(C#N)cc3-c3c(ccc4ccccc34)OC21. The predicted molar refractivity (Wildman–Crippen MR) is 103 cm³/mol. The van der Waals surface area contributed by atoms with Crippen LogP contribution in [0.5, 0.6) is 5.75 Å². The van der Waals surface area contributed by atoms with Gasteiger partial charge in [-0.2, -0.15) is 5.26 Å². The third kappa shape index (κ3) is 2.07. The van der Waals surface area contributed by atoms with Crippen molar-refractivity contribution in [2.75, 3.05) is 5.01 Å². The van der Waals surface area contributed by atoms with Crippen LogP contribution in [0, 0.1) is 16.7 Å². The fourth-order valence-electron chi connectivity index (χ4n) is 3.90. The number of amides is 1. The second-order valence-corrected chi connectivity index (χ2v) is 7.51. The molecule has 0 saturated carbocycles. The summed E-state index contributed by atoms with van der Waals surface area (Å²) in [6, 6.07) is 19.8. The van der Waals surface area contributed by atoms with Crippen LogP contribution in [0.3, 0.4) is 0 Å². The molecule has 0 spiro atoms. The van der Waals surface area contributed by atoms with Crippen LogP contribution in [-0.4, -0.2) is 12.1 Å². The molecule has 1 atom stereocenters. The maximum absolute atomic E-state index is 12.5. The molecule has 1 fully saturated rings. The molecule has 5 heteroatoms. The quantitative estimate of drug-likeness (QED) is 0.663. The Labute approximate surface area is 156 Å². The van der Waals surface area contributed by atoms with Crippen molar-refractivity contribution in [1.29, 1.82) is 5.26 Å². The average Bonchev–Trinajstić information content (AvgIpc) is 2.82. The molecule has 3 aromatic carbocycles. The van der Waals surface area contributed by atoms with Gasteiger partial charge in [0.25, 0.3) is 0 Å². The number of rotatable bonds is 0. The number of carbonyl (C=O) groups is 1. The molecule has 0 aliphatic carbocycles. The molecule has 0 aromatic heterocycles. The Balaban J connectivity index is 1.88. The molecule has 2 aliphatic heterocycles. The van der Waals surface area contributed by atoms with Gasteiger partial charge in [-0.3, -0.25) is 10.2 Å². The van der Waals surface area contributed by atoms with Crippen LogP contribution in [0.1, 0.15) is 19.4 Å². The lowest BCUT2D eigenvalue weighted by atomic mass is 9.91. The molecule has 5 nitrogen and oxygen atoms in total. The van der Waals surface area contributed by atoms with Crippen molar-refractivity contribution in [3.05, 3.63) is 60.2 Å². The van der Waals surface area contributed by atoms with E-state index in [1.807, 2.05) is 50.2 Å². The summed E-state index contributed by atoms with van der Waals surface area (Å²) in [5, 5.41) is 13.4. The zero-order valence-corrected chi connectivity index (χ0v) is 15.0. The largest absolute Gasteiger partial charge is 0.467 e. The Bertz CT molecular complexity index is 1160. The highest BCUT2D eigenvalue weighted by molar-refractivity contribution is 6.04. The van der Waals surface area contributed by atoms with Crippen LogP contribution in [0.4, 0.5) is 5.69 Å². The lowest BCUT2D eigenvalue weighted by Crippen LogP contribution is -2.43. The molecule has 2 aliphatic rings. The van der Waals surface area contributed by atoms with Gasteiger partial charge in [0.05, 0.1) is 17.3 Å². The molecule has 0 bridgehead atoms. The number of carbonyl (C=O) groups excluding carboxylic acids is 1. The van der Waals surface area contributed by atoms with E-state index in [2.05, 4.69) is 23.6 Å². The first-order valence-electron chi connectivity index (χ1n) is 8.84. The van der Waals surface area contributed by atoms with E-state index < -0.39 is 11.6 Å². The fraction of sp³-hybridized carbons (Fsp3) is 0.182. The van der Waals surface area contributed by atoms with Crippen molar-refractivity contribution in [1.82, 2.24) is 5.43 Å². The minimum absolute atomic E-state index is 0.0907.